The monoisotopic (exact) mass is 466 g/mol. The number of nitrogens with one attached hydrogen (secondary N) is 2. The maximum absolute atomic E-state index is 13.5. The third kappa shape index (κ3) is 6.42. The number of carbonyl (C=O) groups excluding carboxylic acids is 2. The lowest BCUT2D eigenvalue weighted by Gasteiger charge is -2.15. The second kappa shape index (κ2) is 9.98. The van der Waals surface area contributed by atoms with E-state index in [-0.39, 0.29) is 22.8 Å². The molecule has 2 N–H and O–H groups in total. The van der Waals surface area contributed by atoms with E-state index in [0.29, 0.717) is 6.07 Å². The second-order valence-corrected chi connectivity index (χ2v) is 6.43. The molecule has 1 aromatic heterocycles. The molecule has 0 saturated carbocycles. The standard InChI is InChI=1S/C22H15F5N2O4/c23-21(24)33-17-5-2-1-4-13(17)7-10-19(30)29-16-9-8-14(12-15(16)22(25,26)27)28-20(31)18-6-3-11-32-18/h1-12,21H,(H,28,31)(H,29,30)/b10-7+. The molecular weight excluding hydrogens is 451 g/mol. The molecular formula is C22H15F5N2O4. The zero-order chi connectivity index (χ0) is 24.0. The summed E-state index contributed by atoms with van der Waals surface area (Å²) in [5.74, 6) is -2.00. The summed E-state index contributed by atoms with van der Waals surface area (Å²) in [6.45, 7) is -3.09. The van der Waals surface area contributed by atoms with E-state index in [0.717, 1.165) is 18.2 Å². The van der Waals surface area contributed by atoms with Gasteiger partial charge in [0.1, 0.15) is 5.75 Å². The van der Waals surface area contributed by atoms with Crippen LogP contribution in [0.25, 0.3) is 6.08 Å². The molecule has 2 amide bonds. The Hall–Kier alpha value is -4.15. The first-order chi connectivity index (χ1) is 15.6. The molecule has 0 aliphatic rings. The average molecular weight is 466 g/mol. The van der Waals surface area contributed by atoms with Crippen LogP contribution < -0.4 is 15.4 Å². The molecule has 172 valence electrons. The summed E-state index contributed by atoms with van der Waals surface area (Å²) in [6, 6.07) is 11.2. The fraction of sp³-hybridized carbons (Fsp3) is 0.0909. The van der Waals surface area contributed by atoms with Crippen molar-refractivity contribution in [3.63, 3.8) is 0 Å². The molecule has 33 heavy (non-hydrogen) atoms. The van der Waals surface area contributed by atoms with Gasteiger partial charge in [0.05, 0.1) is 17.5 Å². The van der Waals surface area contributed by atoms with Gasteiger partial charge in [-0.05, 0) is 42.5 Å². The Kier molecular flexibility index (Phi) is 7.11. The Morgan fingerprint density at radius 2 is 1.76 bits per heavy atom. The highest BCUT2D eigenvalue weighted by molar-refractivity contribution is 6.04. The third-order valence-electron chi connectivity index (χ3n) is 4.14. The Labute approximate surface area is 183 Å². The van der Waals surface area contributed by atoms with Gasteiger partial charge < -0.3 is 19.8 Å². The van der Waals surface area contributed by atoms with Crippen molar-refractivity contribution in [2.24, 2.45) is 0 Å². The van der Waals surface area contributed by atoms with Gasteiger partial charge in [-0.25, -0.2) is 0 Å². The van der Waals surface area contributed by atoms with Crippen LogP contribution in [0.1, 0.15) is 21.7 Å². The van der Waals surface area contributed by atoms with E-state index in [2.05, 4.69) is 15.4 Å². The number of amides is 2. The molecule has 3 aromatic rings. The predicted molar refractivity (Wildman–Crippen MR) is 109 cm³/mol. The second-order valence-electron chi connectivity index (χ2n) is 6.43. The molecule has 0 fully saturated rings. The first-order valence-corrected chi connectivity index (χ1v) is 9.22. The number of benzene rings is 2. The van der Waals surface area contributed by atoms with Gasteiger partial charge in [0.2, 0.25) is 5.91 Å². The molecule has 6 nitrogen and oxygen atoms in total. The van der Waals surface area contributed by atoms with Crippen LogP contribution in [-0.2, 0) is 11.0 Å². The van der Waals surface area contributed by atoms with E-state index >= 15 is 0 Å². The van der Waals surface area contributed by atoms with Crippen LogP contribution in [0.15, 0.2) is 71.4 Å². The molecule has 1 heterocycles. The van der Waals surface area contributed by atoms with Gasteiger partial charge in [-0.1, -0.05) is 18.2 Å². The average Bonchev–Trinajstić information content (AvgIpc) is 3.28. The molecule has 0 aliphatic carbocycles. The van der Waals surface area contributed by atoms with Crippen LogP contribution in [-0.4, -0.2) is 18.4 Å². The highest BCUT2D eigenvalue weighted by Gasteiger charge is 2.34. The number of halogens is 5. The van der Waals surface area contributed by atoms with Crippen molar-refractivity contribution in [1.29, 1.82) is 0 Å². The highest BCUT2D eigenvalue weighted by atomic mass is 19.4. The summed E-state index contributed by atoms with van der Waals surface area (Å²) in [5.41, 5.74) is -1.82. The fourth-order valence-electron chi connectivity index (χ4n) is 2.73. The van der Waals surface area contributed by atoms with Gasteiger partial charge >= 0.3 is 12.8 Å². The third-order valence-corrected chi connectivity index (χ3v) is 4.14. The number of carbonyl (C=O) groups is 2. The minimum Gasteiger partial charge on any atom is -0.459 e. The van der Waals surface area contributed by atoms with Crippen molar-refractivity contribution in [2.45, 2.75) is 12.8 Å². The number of anilines is 2. The lowest BCUT2D eigenvalue weighted by Crippen LogP contribution is -2.16. The summed E-state index contributed by atoms with van der Waals surface area (Å²) in [4.78, 5) is 24.2. The number of para-hydroxylation sites is 1. The maximum atomic E-state index is 13.5. The van der Waals surface area contributed by atoms with E-state index in [1.807, 2.05) is 0 Å². The quantitative estimate of drug-likeness (QED) is 0.341. The van der Waals surface area contributed by atoms with Crippen LogP contribution in [0, 0.1) is 0 Å². The van der Waals surface area contributed by atoms with Gasteiger partial charge in [0.25, 0.3) is 5.91 Å². The van der Waals surface area contributed by atoms with Crippen molar-refractivity contribution in [1.82, 2.24) is 0 Å². The maximum Gasteiger partial charge on any atom is 0.418 e. The van der Waals surface area contributed by atoms with E-state index in [4.69, 9.17) is 4.42 Å². The Balaban J connectivity index is 1.78. The molecule has 2 aromatic carbocycles. The number of hydrogen-bond donors (Lipinski definition) is 2. The van der Waals surface area contributed by atoms with Crippen molar-refractivity contribution >= 4 is 29.3 Å². The molecule has 0 aliphatic heterocycles. The SMILES string of the molecule is O=C(/C=C/c1ccccc1OC(F)F)Nc1ccc(NC(=O)c2ccco2)cc1C(F)(F)F. The normalized spacial score (nSPS) is 11.6. The summed E-state index contributed by atoms with van der Waals surface area (Å²) in [7, 11) is 0. The van der Waals surface area contributed by atoms with Crippen molar-refractivity contribution in [3.05, 3.63) is 83.8 Å². The Bertz CT molecular complexity index is 1160. The summed E-state index contributed by atoms with van der Waals surface area (Å²) < 4.78 is 74.7. The molecule has 0 radical (unpaired) electrons. The molecule has 3 rings (SSSR count). The molecule has 0 bridgehead atoms. The van der Waals surface area contributed by atoms with Gasteiger partial charge in [-0.15, -0.1) is 0 Å². The molecule has 0 spiro atoms. The molecule has 11 heteroatoms. The van der Waals surface area contributed by atoms with Crippen LogP contribution in [0.2, 0.25) is 0 Å². The first-order valence-electron chi connectivity index (χ1n) is 9.22. The largest absolute Gasteiger partial charge is 0.459 e. The highest BCUT2D eigenvalue weighted by Crippen LogP contribution is 2.36. The van der Waals surface area contributed by atoms with Gasteiger partial charge in [0.15, 0.2) is 5.76 Å². The fourth-order valence-corrected chi connectivity index (χ4v) is 2.73. The predicted octanol–water partition coefficient (Wildman–Crippen LogP) is 5.80. The van der Waals surface area contributed by atoms with E-state index < -0.39 is 35.9 Å². The van der Waals surface area contributed by atoms with Crippen LogP contribution in [0.5, 0.6) is 5.75 Å². The summed E-state index contributed by atoms with van der Waals surface area (Å²) in [6.07, 6.45) is -1.62. The van der Waals surface area contributed by atoms with Gasteiger partial charge in [0, 0.05) is 17.3 Å². The Morgan fingerprint density at radius 3 is 2.42 bits per heavy atom. The molecule has 0 unspecified atom stereocenters. The molecule has 0 atom stereocenters. The van der Waals surface area contributed by atoms with Crippen LogP contribution >= 0.6 is 0 Å². The summed E-state index contributed by atoms with van der Waals surface area (Å²) in [5, 5.41) is 4.36. The number of alkyl halides is 5. The van der Waals surface area contributed by atoms with Crippen molar-refractivity contribution < 1.29 is 40.7 Å². The number of ether oxygens (including phenoxy) is 1. The first kappa shape index (κ1) is 23.5. The number of rotatable bonds is 7. The molecule has 0 saturated heterocycles. The van der Waals surface area contributed by atoms with Gasteiger partial charge in [-0.3, -0.25) is 9.59 Å². The number of furan rings is 1. The zero-order valence-electron chi connectivity index (χ0n) is 16.5. The van der Waals surface area contributed by atoms with E-state index in [1.54, 1.807) is 0 Å². The van der Waals surface area contributed by atoms with Crippen LogP contribution in [0.4, 0.5) is 33.3 Å². The topological polar surface area (TPSA) is 80.6 Å². The lowest BCUT2D eigenvalue weighted by atomic mass is 10.1. The van der Waals surface area contributed by atoms with Crippen LogP contribution in [0.3, 0.4) is 0 Å². The smallest absolute Gasteiger partial charge is 0.418 e. The zero-order valence-corrected chi connectivity index (χ0v) is 16.5. The van der Waals surface area contributed by atoms with Crippen molar-refractivity contribution in [2.75, 3.05) is 10.6 Å². The van der Waals surface area contributed by atoms with Gasteiger partial charge in [-0.2, -0.15) is 22.0 Å². The minimum absolute atomic E-state index is 0.0952. The Morgan fingerprint density at radius 1 is 1.00 bits per heavy atom. The lowest BCUT2D eigenvalue weighted by molar-refractivity contribution is -0.136. The van der Waals surface area contributed by atoms with E-state index in [9.17, 15) is 31.5 Å². The number of hydrogen-bond acceptors (Lipinski definition) is 4. The summed E-state index contributed by atoms with van der Waals surface area (Å²) >= 11 is 0. The van der Waals surface area contributed by atoms with E-state index in [1.165, 1.54) is 48.7 Å². The minimum atomic E-state index is -4.85. The van der Waals surface area contributed by atoms with Crippen molar-refractivity contribution in [3.8, 4) is 5.75 Å².